The molecule has 3 N–H and O–H groups in total. The van der Waals surface area contributed by atoms with Crippen molar-refractivity contribution in [2.45, 2.75) is 68.7 Å². The molecule has 3 aliphatic rings. The van der Waals surface area contributed by atoms with Crippen molar-refractivity contribution in [2.75, 3.05) is 31.5 Å². The molecule has 240 valence electrons. The molecular formula is C26H33Cl2N5O9P2. The first-order valence-corrected chi connectivity index (χ1v) is 18.4. The van der Waals surface area contributed by atoms with Crippen molar-refractivity contribution >= 4 is 49.9 Å². The number of ether oxygens (including phenoxy) is 1. The maximum Gasteiger partial charge on any atom is 0.343 e. The number of fused-ring (bicyclic) bond motifs is 1. The molecule has 14 nitrogen and oxygen atoms in total. The fourth-order valence-corrected chi connectivity index (χ4v) is 10.7. The zero-order valence-electron chi connectivity index (χ0n) is 23.7. The van der Waals surface area contributed by atoms with Crippen LogP contribution in [0.15, 0.2) is 30.5 Å². The van der Waals surface area contributed by atoms with Crippen LogP contribution in [0.2, 0.25) is 10.3 Å². The molecule has 18 heteroatoms. The summed E-state index contributed by atoms with van der Waals surface area (Å²) in [5, 5.41) is 29.8. The van der Waals surface area contributed by atoms with Crippen LogP contribution in [0, 0.1) is 0 Å². The highest BCUT2D eigenvalue weighted by atomic mass is 35.5. The molecule has 7 atom stereocenters. The van der Waals surface area contributed by atoms with Crippen LogP contribution in [-0.2, 0) is 32.0 Å². The molecule has 44 heavy (non-hydrogen) atoms. The van der Waals surface area contributed by atoms with E-state index in [0.29, 0.717) is 34.2 Å². The number of benzene rings is 1. The van der Waals surface area contributed by atoms with Crippen LogP contribution in [0.5, 0.6) is 0 Å². The van der Waals surface area contributed by atoms with Crippen LogP contribution in [-0.4, -0.2) is 80.4 Å². The van der Waals surface area contributed by atoms with Gasteiger partial charge in [-0.2, -0.15) is 4.98 Å². The standard InChI is InChI=1S/C26H33Cl2N5O9P2/c1-38-43(36,14-44(37)39-10-9-19(42-44)15-5-4-6-16(27)11-15)40-13-20-21(34)22(35)23(41-20)18-12-29-25-24(30-17-7-2-3-8-17)31-26(28)32-33(18)25/h4-6,11-12,17,19-23,34-35H,2-3,7-10,13-14H2,1H3,(H,30,31,32)/t19-,20+,21+,22+,23-,43?,44?/m0/s1. The molecule has 1 aliphatic carbocycles. The summed E-state index contributed by atoms with van der Waals surface area (Å²) < 4.78 is 56.4. The molecule has 0 bridgehead atoms. The van der Waals surface area contributed by atoms with Crippen molar-refractivity contribution in [1.82, 2.24) is 19.6 Å². The monoisotopic (exact) mass is 691 g/mol. The molecule has 0 radical (unpaired) electrons. The van der Waals surface area contributed by atoms with Crippen molar-refractivity contribution in [2.24, 2.45) is 0 Å². The lowest BCUT2D eigenvalue weighted by molar-refractivity contribution is -0.0211. The van der Waals surface area contributed by atoms with E-state index in [4.69, 9.17) is 46.0 Å². The average Bonchev–Trinajstić information content (AvgIpc) is 3.72. The van der Waals surface area contributed by atoms with Crippen LogP contribution >= 0.6 is 38.4 Å². The topological polar surface area (TPSA) is 176 Å². The second kappa shape index (κ2) is 13.2. The van der Waals surface area contributed by atoms with E-state index >= 15 is 0 Å². The molecule has 0 amide bonds. The van der Waals surface area contributed by atoms with Gasteiger partial charge in [0.25, 0.3) is 0 Å². The molecule has 3 aromatic rings. The van der Waals surface area contributed by atoms with Crippen molar-refractivity contribution in [3.8, 4) is 0 Å². The largest absolute Gasteiger partial charge is 0.387 e. The molecule has 2 aromatic heterocycles. The van der Waals surface area contributed by atoms with E-state index in [2.05, 4.69) is 20.4 Å². The number of hydrogen-bond donors (Lipinski definition) is 3. The van der Waals surface area contributed by atoms with Gasteiger partial charge in [-0.1, -0.05) is 36.6 Å². The summed E-state index contributed by atoms with van der Waals surface area (Å²) in [7, 11) is -6.87. The third-order valence-electron chi connectivity index (χ3n) is 7.95. The third-order valence-corrected chi connectivity index (χ3v) is 13.4. The average molecular weight is 692 g/mol. The number of anilines is 1. The Morgan fingerprint density at radius 2 is 2.00 bits per heavy atom. The minimum Gasteiger partial charge on any atom is -0.387 e. The number of rotatable bonds is 10. The lowest BCUT2D eigenvalue weighted by Gasteiger charge is -2.31. The molecular weight excluding hydrogens is 659 g/mol. The Kier molecular flexibility index (Phi) is 9.69. The van der Waals surface area contributed by atoms with Crippen molar-refractivity contribution < 1.29 is 42.2 Å². The SMILES string of the molecule is COP(=O)(CP1(=O)OCC[C@@H](c2cccc(Cl)c2)O1)OC[C@H]1O[C@@H](c2cnc3c(NC4CCCC4)nc(Cl)nn23)[C@H](O)[C@@H]1O. The quantitative estimate of drug-likeness (QED) is 0.239. The number of halogens is 2. The summed E-state index contributed by atoms with van der Waals surface area (Å²) in [6.07, 6.45) is 0.467. The molecule has 0 spiro atoms. The van der Waals surface area contributed by atoms with Gasteiger partial charge in [0, 0.05) is 24.6 Å². The van der Waals surface area contributed by atoms with Gasteiger partial charge in [-0.05, 0) is 42.1 Å². The number of nitrogens with one attached hydrogen (secondary N) is 1. The minimum absolute atomic E-state index is 0.0363. The molecule has 6 rings (SSSR count). The zero-order chi connectivity index (χ0) is 31.1. The number of nitrogens with zero attached hydrogens (tertiary/aromatic N) is 4. The lowest BCUT2D eigenvalue weighted by Crippen LogP contribution is -2.33. The second-order valence-corrected chi connectivity index (χ2v) is 16.4. The summed E-state index contributed by atoms with van der Waals surface area (Å²) in [4.78, 5) is 8.71. The number of aromatic nitrogens is 4. The number of imidazole rings is 1. The predicted octanol–water partition coefficient (Wildman–Crippen LogP) is 5.13. The smallest absolute Gasteiger partial charge is 0.343 e. The van der Waals surface area contributed by atoms with Gasteiger partial charge in [0.15, 0.2) is 17.4 Å². The fourth-order valence-electron chi connectivity index (χ4n) is 5.69. The Bertz CT molecular complexity index is 1590. The number of hydrogen-bond acceptors (Lipinski definition) is 13. The first kappa shape index (κ1) is 32.3. The predicted molar refractivity (Wildman–Crippen MR) is 160 cm³/mol. The fraction of sp³-hybridized carbons (Fsp3) is 0.577. The maximum atomic E-state index is 13.5. The molecule has 3 fully saturated rings. The summed E-state index contributed by atoms with van der Waals surface area (Å²) in [6, 6.07) is 7.18. The van der Waals surface area contributed by atoms with E-state index in [1.807, 2.05) is 0 Å². The molecule has 2 saturated heterocycles. The minimum atomic E-state index is -4.08. The van der Waals surface area contributed by atoms with E-state index < -0.39 is 58.2 Å². The number of aliphatic hydroxyl groups is 2. The van der Waals surface area contributed by atoms with Gasteiger partial charge in [0.1, 0.15) is 24.4 Å². The van der Waals surface area contributed by atoms with Gasteiger partial charge in [0.05, 0.1) is 31.2 Å². The summed E-state index contributed by atoms with van der Waals surface area (Å²) >= 11 is 12.3. The Morgan fingerprint density at radius 1 is 1.20 bits per heavy atom. The first-order chi connectivity index (χ1) is 21.1. The summed E-state index contributed by atoms with van der Waals surface area (Å²) in [5.41, 5.74) is 1.42. The van der Waals surface area contributed by atoms with Gasteiger partial charge in [-0.25, -0.2) is 9.50 Å². The third kappa shape index (κ3) is 6.86. The van der Waals surface area contributed by atoms with Crippen LogP contribution < -0.4 is 5.32 Å². The lowest BCUT2D eigenvalue weighted by atomic mass is 10.1. The van der Waals surface area contributed by atoms with Crippen LogP contribution in [0.3, 0.4) is 0 Å². The second-order valence-electron chi connectivity index (χ2n) is 11.0. The summed E-state index contributed by atoms with van der Waals surface area (Å²) in [5.74, 6) is -0.210. The molecule has 1 saturated carbocycles. The van der Waals surface area contributed by atoms with E-state index in [1.54, 1.807) is 24.3 Å². The highest BCUT2D eigenvalue weighted by Gasteiger charge is 2.48. The van der Waals surface area contributed by atoms with E-state index in [-0.39, 0.29) is 17.9 Å². The van der Waals surface area contributed by atoms with E-state index in [1.165, 1.54) is 10.7 Å². The van der Waals surface area contributed by atoms with Gasteiger partial charge >= 0.3 is 15.2 Å². The highest BCUT2D eigenvalue weighted by Crippen LogP contribution is 2.67. The van der Waals surface area contributed by atoms with Crippen LogP contribution in [0.25, 0.3) is 5.65 Å². The van der Waals surface area contributed by atoms with Gasteiger partial charge in [-0.15, -0.1) is 5.10 Å². The normalized spacial score (nSPS) is 31.0. The van der Waals surface area contributed by atoms with Gasteiger partial charge in [-0.3, -0.25) is 13.7 Å². The van der Waals surface area contributed by atoms with E-state index in [9.17, 15) is 19.3 Å². The molecule has 2 aliphatic heterocycles. The van der Waals surface area contributed by atoms with Crippen LogP contribution in [0.4, 0.5) is 5.82 Å². The zero-order valence-corrected chi connectivity index (χ0v) is 27.0. The summed E-state index contributed by atoms with van der Waals surface area (Å²) in [6.45, 7) is -0.361. The van der Waals surface area contributed by atoms with Crippen molar-refractivity contribution in [1.29, 1.82) is 0 Å². The Labute approximate surface area is 263 Å². The Morgan fingerprint density at radius 3 is 2.75 bits per heavy atom. The maximum absolute atomic E-state index is 13.5. The van der Waals surface area contributed by atoms with Gasteiger partial charge in [0.2, 0.25) is 5.28 Å². The van der Waals surface area contributed by atoms with Crippen LogP contribution in [0.1, 0.15) is 55.6 Å². The Hall–Kier alpha value is -1.67. The van der Waals surface area contributed by atoms with E-state index in [0.717, 1.165) is 32.8 Å². The van der Waals surface area contributed by atoms with Gasteiger partial charge < -0.3 is 33.8 Å². The molecule has 1 aromatic carbocycles. The first-order valence-electron chi connectivity index (χ1n) is 14.2. The molecule has 4 heterocycles. The number of aliphatic hydroxyl groups excluding tert-OH is 2. The molecule has 2 unspecified atom stereocenters. The van der Waals surface area contributed by atoms with Crippen molar-refractivity contribution in [3.05, 3.63) is 52.0 Å². The Balaban J connectivity index is 1.13. The highest BCUT2D eigenvalue weighted by molar-refractivity contribution is 7.71. The van der Waals surface area contributed by atoms with Crippen molar-refractivity contribution in [3.63, 3.8) is 0 Å².